The summed E-state index contributed by atoms with van der Waals surface area (Å²) < 4.78 is 10.6. The molecule has 0 spiro atoms. The molecule has 2 atom stereocenters. The Morgan fingerprint density at radius 2 is 2.16 bits per heavy atom. The van der Waals surface area contributed by atoms with Crippen LogP contribution in [0.2, 0.25) is 0 Å². The van der Waals surface area contributed by atoms with Gasteiger partial charge in [0.25, 0.3) is 0 Å². The number of aromatic nitrogens is 2. The number of anilines is 2. The Morgan fingerprint density at radius 1 is 1.37 bits per heavy atom. The van der Waals surface area contributed by atoms with E-state index < -0.39 is 0 Å². The van der Waals surface area contributed by atoms with E-state index in [1.54, 1.807) is 0 Å². The highest BCUT2D eigenvalue weighted by Crippen LogP contribution is 2.31. The molecule has 0 aliphatic carbocycles. The Hall–Kier alpha value is -1.82. The topological polar surface area (TPSA) is 77.4 Å². The first kappa shape index (κ1) is 12.2. The highest BCUT2D eigenvalue weighted by molar-refractivity contribution is 5.95. The molecule has 1 aliphatic heterocycles. The van der Waals surface area contributed by atoms with Gasteiger partial charge in [-0.15, -0.1) is 0 Å². The van der Waals surface area contributed by atoms with E-state index in [-0.39, 0.29) is 6.10 Å². The van der Waals surface area contributed by atoms with Crippen molar-refractivity contribution in [3.63, 3.8) is 0 Å². The van der Waals surface area contributed by atoms with Crippen LogP contribution < -0.4 is 10.6 Å². The number of ether oxygens (including phenoxy) is 1. The summed E-state index contributed by atoms with van der Waals surface area (Å²) in [5, 5.41) is 7.87. The Kier molecular flexibility index (Phi) is 3.02. The van der Waals surface area contributed by atoms with E-state index in [4.69, 9.17) is 15.1 Å². The molecule has 1 aliphatic rings. The van der Waals surface area contributed by atoms with E-state index in [9.17, 15) is 0 Å². The second-order valence-corrected chi connectivity index (χ2v) is 4.99. The van der Waals surface area contributed by atoms with E-state index >= 15 is 0 Å². The molecule has 2 aromatic rings. The van der Waals surface area contributed by atoms with Crippen LogP contribution in [0.25, 0.3) is 11.0 Å². The molecule has 2 heterocycles. The van der Waals surface area contributed by atoms with E-state index in [1.165, 1.54) is 0 Å². The van der Waals surface area contributed by atoms with Gasteiger partial charge in [-0.2, -0.15) is 0 Å². The number of nitrogen functional groups attached to an aromatic ring is 1. The van der Waals surface area contributed by atoms with Crippen LogP contribution in [0.5, 0.6) is 0 Å². The Morgan fingerprint density at radius 3 is 2.95 bits per heavy atom. The summed E-state index contributed by atoms with van der Waals surface area (Å²) in [5.74, 6) is 0. The summed E-state index contributed by atoms with van der Waals surface area (Å²) in [5.41, 5.74) is 8.86. The summed E-state index contributed by atoms with van der Waals surface area (Å²) in [6, 6.07) is 4.19. The molecule has 1 aromatic carbocycles. The lowest BCUT2D eigenvalue weighted by atomic mass is 10.1. The van der Waals surface area contributed by atoms with Crippen LogP contribution >= 0.6 is 0 Å². The maximum Gasteiger partial charge on any atom is 0.160 e. The Labute approximate surface area is 111 Å². The highest BCUT2D eigenvalue weighted by Gasteiger charge is 2.28. The van der Waals surface area contributed by atoms with Crippen molar-refractivity contribution in [2.24, 2.45) is 0 Å². The lowest BCUT2D eigenvalue weighted by Crippen LogP contribution is -2.48. The van der Waals surface area contributed by atoms with Crippen molar-refractivity contribution in [3.8, 4) is 0 Å². The smallest absolute Gasteiger partial charge is 0.160 e. The number of morpholine rings is 1. The number of fused-ring (bicyclic) bond motifs is 1. The van der Waals surface area contributed by atoms with Crippen LogP contribution in [0.1, 0.15) is 20.3 Å². The van der Waals surface area contributed by atoms with Crippen LogP contribution in [-0.2, 0) is 4.74 Å². The average molecular weight is 262 g/mol. The maximum atomic E-state index is 5.89. The molecule has 2 N–H and O–H groups in total. The van der Waals surface area contributed by atoms with Gasteiger partial charge >= 0.3 is 0 Å². The molecule has 102 valence electrons. The number of hydrogen-bond acceptors (Lipinski definition) is 6. The third-order valence-electron chi connectivity index (χ3n) is 3.67. The van der Waals surface area contributed by atoms with Crippen molar-refractivity contribution < 1.29 is 9.37 Å². The van der Waals surface area contributed by atoms with Gasteiger partial charge in [-0.1, -0.05) is 6.92 Å². The molecule has 6 nitrogen and oxygen atoms in total. The second-order valence-electron chi connectivity index (χ2n) is 4.99. The molecule has 0 saturated carbocycles. The van der Waals surface area contributed by atoms with Crippen LogP contribution in [0.15, 0.2) is 16.8 Å². The predicted octanol–water partition coefficient (Wildman–Crippen LogP) is 1.81. The summed E-state index contributed by atoms with van der Waals surface area (Å²) >= 11 is 0. The van der Waals surface area contributed by atoms with Crippen molar-refractivity contribution in [1.82, 2.24) is 10.3 Å². The molecule has 0 radical (unpaired) electrons. The lowest BCUT2D eigenvalue weighted by Gasteiger charge is -2.39. The summed E-state index contributed by atoms with van der Waals surface area (Å²) in [6.07, 6.45) is 1.22. The highest BCUT2D eigenvalue weighted by atomic mass is 16.6. The predicted molar refractivity (Wildman–Crippen MR) is 73.1 cm³/mol. The standard InChI is InChI=1S/C13H18N4O2/c1-3-9-7-18-8(2)6-17(9)11-5-4-10(14)12-13(11)16-19-15-12/h4-5,8-9H,3,6-7,14H2,1-2H3. The monoisotopic (exact) mass is 262 g/mol. The van der Waals surface area contributed by atoms with Crippen LogP contribution in [0.3, 0.4) is 0 Å². The zero-order chi connectivity index (χ0) is 13.4. The first-order valence-corrected chi connectivity index (χ1v) is 6.59. The molecule has 1 aromatic heterocycles. The van der Waals surface area contributed by atoms with Crippen molar-refractivity contribution >= 4 is 22.4 Å². The van der Waals surface area contributed by atoms with Gasteiger partial charge in [-0.25, -0.2) is 4.63 Å². The molecule has 1 saturated heterocycles. The largest absolute Gasteiger partial charge is 0.397 e. The summed E-state index contributed by atoms with van der Waals surface area (Å²) in [6.45, 7) is 5.81. The Balaban J connectivity index is 2.06. The Bertz CT molecular complexity index is 583. The number of nitrogens with zero attached hydrogens (tertiary/aromatic N) is 3. The SMILES string of the molecule is CCC1COC(C)CN1c1ccc(N)c2nonc12. The van der Waals surface area contributed by atoms with Gasteiger partial charge in [0.2, 0.25) is 0 Å². The fourth-order valence-corrected chi connectivity index (χ4v) is 2.58. The first-order valence-electron chi connectivity index (χ1n) is 6.59. The molecule has 19 heavy (non-hydrogen) atoms. The normalized spacial score (nSPS) is 24.0. The second kappa shape index (κ2) is 4.70. The van der Waals surface area contributed by atoms with Crippen LogP contribution in [0.4, 0.5) is 11.4 Å². The molecule has 3 rings (SSSR count). The van der Waals surface area contributed by atoms with E-state index in [1.807, 2.05) is 12.1 Å². The van der Waals surface area contributed by atoms with Crippen molar-refractivity contribution in [1.29, 1.82) is 0 Å². The molecule has 6 heteroatoms. The van der Waals surface area contributed by atoms with Crippen molar-refractivity contribution in [3.05, 3.63) is 12.1 Å². The minimum Gasteiger partial charge on any atom is -0.397 e. The van der Waals surface area contributed by atoms with E-state index in [0.29, 0.717) is 17.2 Å². The third-order valence-corrected chi connectivity index (χ3v) is 3.67. The maximum absolute atomic E-state index is 5.89. The first-order chi connectivity index (χ1) is 9.20. The van der Waals surface area contributed by atoms with Crippen LogP contribution in [0, 0.1) is 0 Å². The van der Waals surface area contributed by atoms with Gasteiger partial charge < -0.3 is 15.4 Å². The van der Waals surface area contributed by atoms with E-state index in [0.717, 1.165) is 30.8 Å². The minimum atomic E-state index is 0.204. The fraction of sp³-hybridized carbons (Fsp3) is 0.538. The number of benzene rings is 1. The number of hydrogen-bond donors (Lipinski definition) is 1. The van der Waals surface area contributed by atoms with Crippen LogP contribution in [-0.4, -0.2) is 35.6 Å². The zero-order valence-corrected chi connectivity index (χ0v) is 11.2. The lowest BCUT2D eigenvalue weighted by molar-refractivity contribution is 0.0300. The quantitative estimate of drug-likeness (QED) is 0.832. The molecule has 0 bridgehead atoms. The summed E-state index contributed by atoms with van der Waals surface area (Å²) in [4.78, 5) is 2.32. The molecular formula is C13H18N4O2. The number of nitrogens with two attached hydrogens (primary N) is 1. The van der Waals surface area contributed by atoms with Gasteiger partial charge in [0.05, 0.1) is 30.1 Å². The van der Waals surface area contributed by atoms with Gasteiger partial charge in [0, 0.05) is 6.54 Å². The van der Waals surface area contributed by atoms with Gasteiger partial charge in [-0.3, -0.25) is 0 Å². The van der Waals surface area contributed by atoms with Gasteiger partial charge in [0.15, 0.2) is 11.0 Å². The fourth-order valence-electron chi connectivity index (χ4n) is 2.58. The summed E-state index contributed by atoms with van der Waals surface area (Å²) in [7, 11) is 0. The molecular weight excluding hydrogens is 244 g/mol. The average Bonchev–Trinajstić information content (AvgIpc) is 2.89. The van der Waals surface area contributed by atoms with Gasteiger partial charge in [0.1, 0.15) is 0 Å². The minimum absolute atomic E-state index is 0.204. The molecule has 1 fully saturated rings. The van der Waals surface area contributed by atoms with Crippen molar-refractivity contribution in [2.45, 2.75) is 32.4 Å². The van der Waals surface area contributed by atoms with Gasteiger partial charge in [-0.05, 0) is 35.8 Å². The molecule has 2 unspecified atom stereocenters. The zero-order valence-electron chi connectivity index (χ0n) is 11.2. The van der Waals surface area contributed by atoms with E-state index in [2.05, 4.69) is 29.1 Å². The molecule has 0 amide bonds. The number of rotatable bonds is 2. The third kappa shape index (κ3) is 2.02. The van der Waals surface area contributed by atoms with Crippen molar-refractivity contribution in [2.75, 3.05) is 23.8 Å².